The molecule has 1 atom stereocenters. The highest BCUT2D eigenvalue weighted by Gasteiger charge is 2.53. The normalized spacial score (nSPS) is 25.3. The number of piperazine rings is 1. The highest BCUT2D eigenvalue weighted by atomic mass is 16.5. The Morgan fingerprint density at radius 3 is 2.46 bits per heavy atom. The van der Waals surface area contributed by atoms with Crippen LogP contribution in [-0.4, -0.2) is 78.1 Å². The summed E-state index contributed by atoms with van der Waals surface area (Å²) in [6.07, 6.45) is 4.86. The summed E-state index contributed by atoms with van der Waals surface area (Å²) in [5, 5.41) is 0. The summed E-state index contributed by atoms with van der Waals surface area (Å²) in [7, 11) is 2.07. The Labute approximate surface area is 167 Å². The van der Waals surface area contributed by atoms with E-state index in [0.29, 0.717) is 25.3 Å². The maximum atomic E-state index is 13.6. The van der Waals surface area contributed by atoms with Gasteiger partial charge in [-0.2, -0.15) is 0 Å². The molecule has 0 N–H and O–H groups in total. The van der Waals surface area contributed by atoms with E-state index in [4.69, 9.17) is 4.74 Å². The molecule has 4 rings (SSSR count). The number of ether oxygens (including phenoxy) is 1. The largest absolute Gasteiger partial charge is 0.353 e. The van der Waals surface area contributed by atoms with Crippen molar-refractivity contribution in [1.82, 2.24) is 14.7 Å². The van der Waals surface area contributed by atoms with Crippen molar-refractivity contribution in [2.45, 2.75) is 50.8 Å². The number of benzene rings is 1. The molecule has 3 fully saturated rings. The van der Waals surface area contributed by atoms with E-state index in [9.17, 15) is 9.59 Å². The Kier molecular flexibility index (Phi) is 5.43. The van der Waals surface area contributed by atoms with Gasteiger partial charge in [-0.1, -0.05) is 24.1 Å². The van der Waals surface area contributed by atoms with E-state index < -0.39 is 11.8 Å². The molecule has 2 amide bonds. The van der Waals surface area contributed by atoms with Crippen LogP contribution in [0.1, 0.15) is 48.0 Å². The summed E-state index contributed by atoms with van der Waals surface area (Å²) in [4.78, 5) is 32.9. The first kappa shape index (κ1) is 19.4. The molecule has 152 valence electrons. The van der Waals surface area contributed by atoms with Crippen LogP contribution < -0.4 is 0 Å². The van der Waals surface area contributed by atoms with Gasteiger partial charge in [0.05, 0.1) is 6.61 Å². The second kappa shape index (κ2) is 7.84. The molecule has 6 nitrogen and oxygen atoms in total. The highest BCUT2D eigenvalue weighted by Crippen LogP contribution is 2.41. The van der Waals surface area contributed by atoms with Gasteiger partial charge in [-0.25, -0.2) is 0 Å². The van der Waals surface area contributed by atoms with E-state index in [1.165, 1.54) is 0 Å². The Morgan fingerprint density at radius 2 is 1.79 bits per heavy atom. The topological polar surface area (TPSA) is 53.1 Å². The summed E-state index contributed by atoms with van der Waals surface area (Å²) in [6, 6.07) is 7.13. The maximum Gasteiger partial charge on any atom is 0.256 e. The molecule has 2 heterocycles. The van der Waals surface area contributed by atoms with E-state index in [0.717, 1.165) is 50.8 Å². The Morgan fingerprint density at radius 1 is 1.07 bits per heavy atom. The Bertz CT molecular complexity index is 736. The lowest BCUT2D eigenvalue weighted by Crippen LogP contribution is -2.58. The van der Waals surface area contributed by atoms with Gasteiger partial charge in [-0.05, 0) is 51.8 Å². The van der Waals surface area contributed by atoms with Crippen molar-refractivity contribution < 1.29 is 14.3 Å². The van der Waals surface area contributed by atoms with Crippen LogP contribution in [0.3, 0.4) is 0 Å². The molecule has 1 saturated carbocycles. The third kappa shape index (κ3) is 3.55. The van der Waals surface area contributed by atoms with Gasteiger partial charge in [0.1, 0.15) is 11.8 Å². The molecule has 1 aliphatic carbocycles. The van der Waals surface area contributed by atoms with E-state index >= 15 is 0 Å². The molecule has 2 aliphatic heterocycles. The zero-order chi connectivity index (χ0) is 19.7. The molecule has 0 bridgehead atoms. The number of carbonyl (C=O) groups is 2. The van der Waals surface area contributed by atoms with Crippen molar-refractivity contribution in [2.75, 3.05) is 39.8 Å². The van der Waals surface area contributed by atoms with Crippen molar-refractivity contribution in [2.24, 2.45) is 0 Å². The summed E-state index contributed by atoms with van der Waals surface area (Å²) in [5.74, 6) is -0.0351. The van der Waals surface area contributed by atoms with Crippen molar-refractivity contribution in [3.63, 3.8) is 0 Å². The molecule has 2 saturated heterocycles. The lowest BCUT2D eigenvalue weighted by Gasteiger charge is -2.42. The van der Waals surface area contributed by atoms with Crippen LogP contribution in [0.25, 0.3) is 0 Å². The minimum Gasteiger partial charge on any atom is -0.353 e. The first-order valence-corrected chi connectivity index (χ1v) is 10.5. The SMILES string of the molecule is Cc1cccc(C(=O)N2[C@@H](C(=O)N3CCN(C)CC3)COC23CCCCC3)c1. The van der Waals surface area contributed by atoms with Gasteiger partial charge < -0.3 is 14.5 Å². The fraction of sp³-hybridized carbons (Fsp3) is 0.636. The molecule has 0 unspecified atom stereocenters. The predicted molar refractivity (Wildman–Crippen MR) is 107 cm³/mol. The van der Waals surface area contributed by atoms with Crippen LogP contribution >= 0.6 is 0 Å². The number of nitrogens with zero attached hydrogens (tertiary/aromatic N) is 3. The molecule has 1 aromatic carbocycles. The van der Waals surface area contributed by atoms with Crippen LogP contribution in [0.2, 0.25) is 0 Å². The molecule has 28 heavy (non-hydrogen) atoms. The molecule has 6 heteroatoms. The molecule has 0 radical (unpaired) electrons. The van der Waals surface area contributed by atoms with Crippen LogP contribution in [0.4, 0.5) is 0 Å². The number of aryl methyl sites for hydroxylation is 1. The van der Waals surface area contributed by atoms with Crippen molar-refractivity contribution in [3.8, 4) is 0 Å². The molecule has 1 spiro atoms. The number of hydrogen-bond donors (Lipinski definition) is 0. The minimum absolute atomic E-state index is 0.0385. The van der Waals surface area contributed by atoms with Gasteiger partial charge in [0, 0.05) is 31.7 Å². The lowest BCUT2D eigenvalue weighted by molar-refractivity contribution is -0.138. The van der Waals surface area contributed by atoms with Gasteiger partial charge in [-0.15, -0.1) is 0 Å². The van der Waals surface area contributed by atoms with Gasteiger partial charge in [0.15, 0.2) is 0 Å². The standard InChI is InChI=1S/C22H31N3O3/c1-17-7-6-8-18(15-17)20(26)25-19(16-28-22(25)9-4-3-5-10-22)21(27)24-13-11-23(2)12-14-24/h6-8,15,19H,3-5,9-14,16H2,1-2H3/t19-/m1/s1. The smallest absolute Gasteiger partial charge is 0.256 e. The minimum atomic E-state index is -0.619. The van der Waals surface area contributed by atoms with E-state index in [-0.39, 0.29) is 11.8 Å². The predicted octanol–water partition coefficient (Wildman–Crippen LogP) is 2.27. The monoisotopic (exact) mass is 385 g/mol. The molecular formula is C22H31N3O3. The quantitative estimate of drug-likeness (QED) is 0.784. The van der Waals surface area contributed by atoms with Gasteiger partial charge in [0.25, 0.3) is 5.91 Å². The second-order valence-electron chi connectivity index (χ2n) is 8.51. The summed E-state index contributed by atoms with van der Waals surface area (Å²) >= 11 is 0. The second-order valence-corrected chi connectivity index (χ2v) is 8.51. The zero-order valence-corrected chi connectivity index (χ0v) is 17.0. The maximum absolute atomic E-state index is 13.6. The average molecular weight is 386 g/mol. The van der Waals surface area contributed by atoms with E-state index in [2.05, 4.69) is 11.9 Å². The number of rotatable bonds is 2. The van der Waals surface area contributed by atoms with Gasteiger partial charge >= 0.3 is 0 Å². The highest BCUT2D eigenvalue weighted by molar-refractivity contribution is 5.98. The van der Waals surface area contributed by atoms with Gasteiger partial charge in [-0.3, -0.25) is 14.5 Å². The van der Waals surface area contributed by atoms with Crippen LogP contribution in [-0.2, 0) is 9.53 Å². The zero-order valence-electron chi connectivity index (χ0n) is 17.0. The van der Waals surface area contributed by atoms with Crippen molar-refractivity contribution in [3.05, 3.63) is 35.4 Å². The number of likely N-dealkylation sites (N-methyl/N-ethyl adjacent to an activating group) is 1. The summed E-state index contributed by atoms with van der Waals surface area (Å²) in [6.45, 7) is 5.46. The lowest BCUT2D eigenvalue weighted by atomic mass is 9.89. The molecule has 1 aromatic rings. The molecule has 3 aliphatic rings. The molecular weight excluding hydrogens is 354 g/mol. The van der Waals surface area contributed by atoms with Crippen LogP contribution in [0.15, 0.2) is 24.3 Å². The third-order valence-corrected chi connectivity index (χ3v) is 6.48. The first-order valence-electron chi connectivity index (χ1n) is 10.5. The number of hydrogen-bond acceptors (Lipinski definition) is 4. The average Bonchev–Trinajstić information content (AvgIpc) is 3.06. The fourth-order valence-corrected chi connectivity index (χ4v) is 4.81. The van der Waals surface area contributed by atoms with Crippen LogP contribution in [0.5, 0.6) is 0 Å². The number of carbonyl (C=O) groups excluding carboxylic acids is 2. The Hall–Kier alpha value is -1.92. The van der Waals surface area contributed by atoms with Crippen molar-refractivity contribution in [1.29, 1.82) is 0 Å². The van der Waals surface area contributed by atoms with Gasteiger partial charge in [0.2, 0.25) is 5.91 Å². The van der Waals surface area contributed by atoms with E-state index in [1.807, 2.05) is 41.0 Å². The summed E-state index contributed by atoms with van der Waals surface area (Å²) < 4.78 is 6.26. The first-order chi connectivity index (χ1) is 13.5. The third-order valence-electron chi connectivity index (χ3n) is 6.48. The van der Waals surface area contributed by atoms with Crippen LogP contribution in [0, 0.1) is 6.92 Å². The van der Waals surface area contributed by atoms with E-state index in [1.54, 1.807) is 0 Å². The Balaban J connectivity index is 1.63. The molecule has 0 aromatic heterocycles. The number of amides is 2. The summed E-state index contributed by atoms with van der Waals surface area (Å²) in [5.41, 5.74) is 1.07. The van der Waals surface area contributed by atoms with Crippen molar-refractivity contribution >= 4 is 11.8 Å². The fourth-order valence-electron chi connectivity index (χ4n) is 4.81.